The van der Waals surface area contributed by atoms with E-state index in [0.29, 0.717) is 5.69 Å². The Hall–Kier alpha value is -1.36. The molecule has 0 aliphatic heterocycles. The monoisotopic (exact) mass is 197 g/mol. The maximum atomic E-state index is 11.4. The number of amides is 1. The Morgan fingerprint density at radius 2 is 2.36 bits per heavy atom. The molecule has 0 saturated heterocycles. The van der Waals surface area contributed by atoms with Gasteiger partial charge in [0.1, 0.15) is 5.69 Å². The van der Waals surface area contributed by atoms with Crippen LogP contribution in [0.5, 0.6) is 0 Å². The Kier molecular flexibility index (Phi) is 2.90. The second-order valence-electron chi connectivity index (χ2n) is 3.92. The van der Waals surface area contributed by atoms with Gasteiger partial charge in [0.15, 0.2) is 0 Å². The number of nitrogens with one attached hydrogen (secondary N) is 1. The first kappa shape index (κ1) is 10.7. The number of hydrogen-bond donors (Lipinski definition) is 2. The van der Waals surface area contributed by atoms with Crippen LogP contribution >= 0.6 is 0 Å². The number of carbonyl (C=O) groups is 1. The fraction of sp³-hybridized carbons (Fsp3) is 0.556. The molecule has 0 spiro atoms. The molecule has 0 saturated carbocycles. The van der Waals surface area contributed by atoms with Crippen molar-refractivity contribution in [2.24, 2.45) is 7.05 Å². The summed E-state index contributed by atoms with van der Waals surface area (Å²) >= 11 is 0. The van der Waals surface area contributed by atoms with Gasteiger partial charge in [0.2, 0.25) is 0 Å². The molecule has 5 heteroatoms. The van der Waals surface area contributed by atoms with Gasteiger partial charge in [-0.15, -0.1) is 0 Å². The van der Waals surface area contributed by atoms with Crippen LogP contribution < -0.4 is 5.32 Å². The summed E-state index contributed by atoms with van der Waals surface area (Å²) in [6.45, 7) is 3.47. The van der Waals surface area contributed by atoms with Crippen LogP contribution in [0.3, 0.4) is 0 Å². The van der Waals surface area contributed by atoms with Crippen molar-refractivity contribution in [3.05, 3.63) is 18.2 Å². The molecule has 0 radical (unpaired) electrons. The van der Waals surface area contributed by atoms with Crippen molar-refractivity contribution in [3.8, 4) is 0 Å². The Morgan fingerprint density at radius 3 is 2.79 bits per heavy atom. The van der Waals surface area contributed by atoms with Crippen molar-refractivity contribution in [1.82, 2.24) is 14.9 Å². The molecule has 1 aromatic heterocycles. The van der Waals surface area contributed by atoms with E-state index >= 15 is 0 Å². The number of carbonyl (C=O) groups excluding carboxylic acids is 1. The SMILES string of the molecule is Cn1cnc(C(=O)NCC(C)(C)O)c1. The second-order valence-corrected chi connectivity index (χ2v) is 3.92. The number of nitrogens with zero attached hydrogens (tertiary/aromatic N) is 2. The van der Waals surface area contributed by atoms with Gasteiger partial charge in [0.25, 0.3) is 5.91 Å². The lowest BCUT2D eigenvalue weighted by atomic mass is 10.1. The molecule has 1 rings (SSSR count). The van der Waals surface area contributed by atoms with E-state index in [9.17, 15) is 9.90 Å². The second kappa shape index (κ2) is 3.79. The third kappa shape index (κ3) is 3.18. The average molecular weight is 197 g/mol. The maximum Gasteiger partial charge on any atom is 0.271 e. The summed E-state index contributed by atoms with van der Waals surface area (Å²) < 4.78 is 1.69. The highest BCUT2D eigenvalue weighted by Gasteiger charge is 2.15. The molecule has 5 nitrogen and oxygen atoms in total. The van der Waals surface area contributed by atoms with E-state index < -0.39 is 5.60 Å². The third-order valence-corrected chi connectivity index (χ3v) is 1.62. The van der Waals surface area contributed by atoms with E-state index in [2.05, 4.69) is 10.3 Å². The highest BCUT2D eigenvalue weighted by molar-refractivity contribution is 5.92. The van der Waals surface area contributed by atoms with Gasteiger partial charge in [-0.25, -0.2) is 4.98 Å². The largest absolute Gasteiger partial charge is 0.389 e. The number of aryl methyl sites for hydroxylation is 1. The van der Waals surface area contributed by atoms with Crippen molar-refractivity contribution in [1.29, 1.82) is 0 Å². The Bertz CT molecular complexity index is 325. The van der Waals surface area contributed by atoms with Gasteiger partial charge in [-0.3, -0.25) is 4.79 Å². The predicted molar refractivity (Wildman–Crippen MR) is 51.8 cm³/mol. The summed E-state index contributed by atoms with van der Waals surface area (Å²) in [7, 11) is 1.79. The molecule has 14 heavy (non-hydrogen) atoms. The molecule has 0 atom stereocenters. The maximum absolute atomic E-state index is 11.4. The fourth-order valence-corrected chi connectivity index (χ4v) is 0.917. The molecule has 0 aromatic carbocycles. The van der Waals surface area contributed by atoms with Crippen LogP contribution in [0, 0.1) is 0 Å². The van der Waals surface area contributed by atoms with Crippen LogP contribution in [0.1, 0.15) is 24.3 Å². The Balaban J connectivity index is 2.52. The summed E-state index contributed by atoms with van der Waals surface area (Å²) in [4.78, 5) is 15.3. The Labute approximate surface area is 82.8 Å². The van der Waals surface area contributed by atoms with Crippen LogP contribution in [0.25, 0.3) is 0 Å². The van der Waals surface area contributed by atoms with Gasteiger partial charge < -0.3 is 15.0 Å². The van der Waals surface area contributed by atoms with Gasteiger partial charge in [-0.05, 0) is 13.8 Å². The average Bonchev–Trinajstić information content (AvgIpc) is 2.46. The van der Waals surface area contributed by atoms with Crippen LogP contribution in [-0.2, 0) is 7.05 Å². The first-order valence-corrected chi connectivity index (χ1v) is 4.37. The molecule has 0 unspecified atom stereocenters. The molecule has 0 aliphatic carbocycles. The van der Waals surface area contributed by atoms with E-state index in [1.807, 2.05) is 0 Å². The van der Waals surface area contributed by atoms with Crippen LogP contribution in [0.4, 0.5) is 0 Å². The quantitative estimate of drug-likeness (QED) is 0.712. The van der Waals surface area contributed by atoms with Gasteiger partial charge in [-0.1, -0.05) is 0 Å². The smallest absolute Gasteiger partial charge is 0.271 e. The molecule has 1 heterocycles. The zero-order chi connectivity index (χ0) is 10.8. The topological polar surface area (TPSA) is 67.2 Å². The minimum absolute atomic E-state index is 0.211. The standard InChI is InChI=1S/C9H15N3O2/c1-9(2,14)5-10-8(13)7-4-12(3)6-11-7/h4,6,14H,5H2,1-3H3,(H,10,13). The third-order valence-electron chi connectivity index (χ3n) is 1.62. The molecular weight excluding hydrogens is 182 g/mol. The molecule has 0 fully saturated rings. The zero-order valence-corrected chi connectivity index (χ0v) is 8.61. The van der Waals surface area contributed by atoms with Crippen LogP contribution in [0.15, 0.2) is 12.5 Å². The van der Waals surface area contributed by atoms with E-state index in [-0.39, 0.29) is 12.5 Å². The molecule has 1 aromatic rings. The van der Waals surface area contributed by atoms with Gasteiger partial charge in [-0.2, -0.15) is 0 Å². The summed E-state index contributed by atoms with van der Waals surface area (Å²) in [5.41, 5.74) is -0.540. The fourth-order valence-electron chi connectivity index (χ4n) is 0.917. The minimum Gasteiger partial charge on any atom is -0.389 e. The van der Waals surface area contributed by atoms with E-state index in [1.165, 1.54) is 0 Å². The van der Waals surface area contributed by atoms with Crippen LogP contribution in [0.2, 0.25) is 0 Å². The van der Waals surface area contributed by atoms with Gasteiger partial charge >= 0.3 is 0 Å². The normalized spacial score (nSPS) is 11.4. The lowest BCUT2D eigenvalue weighted by molar-refractivity contribution is 0.0692. The first-order valence-electron chi connectivity index (χ1n) is 4.37. The zero-order valence-electron chi connectivity index (χ0n) is 8.61. The van der Waals surface area contributed by atoms with Crippen molar-refractivity contribution in [3.63, 3.8) is 0 Å². The van der Waals surface area contributed by atoms with Gasteiger partial charge in [0, 0.05) is 19.8 Å². The van der Waals surface area contributed by atoms with Crippen molar-refractivity contribution >= 4 is 5.91 Å². The van der Waals surface area contributed by atoms with Crippen molar-refractivity contribution in [2.75, 3.05) is 6.54 Å². The summed E-state index contributed by atoms with van der Waals surface area (Å²) in [6.07, 6.45) is 3.18. The number of hydrogen-bond acceptors (Lipinski definition) is 3. The molecule has 1 amide bonds. The number of aliphatic hydroxyl groups is 1. The highest BCUT2D eigenvalue weighted by Crippen LogP contribution is 1.99. The van der Waals surface area contributed by atoms with Gasteiger partial charge in [0.05, 0.1) is 11.9 Å². The lowest BCUT2D eigenvalue weighted by Gasteiger charge is -2.16. The van der Waals surface area contributed by atoms with E-state index in [1.54, 1.807) is 38.0 Å². The molecule has 78 valence electrons. The minimum atomic E-state index is -0.898. The number of imidazole rings is 1. The first-order chi connectivity index (χ1) is 6.38. The van der Waals surface area contributed by atoms with Crippen LogP contribution in [-0.4, -0.2) is 32.7 Å². The van der Waals surface area contributed by atoms with E-state index in [0.717, 1.165) is 0 Å². The molecular formula is C9H15N3O2. The summed E-state index contributed by atoms with van der Waals surface area (Å²) in [5, 5.41) is 12.0. The molecule has 2 N–H and O–H groups in total. The molecule has 0 bridgehead atoms. The lowest BCUT2D eigenvalue weighted by Crippen LogP contribution is -2.38. The van der Waals surface area contributed by atoms with Crippen molar-refractivity contribution in [2.45, 2.75) is 19.4 Å². The Morgan fingerprint density at radius 1 is 1.71 bits per heavy atom. The predicted octanol–water partition coefficient (Wildman–Crippen LogP) is -0.0792. The summed E-state index contributed by atoms with van der Waals surface area (Å²) in [5.74, 6) is -0.271. The van der Waals surface area contributed by atoms with E-state index in [4.69, 9.17) is 0 Å². The molecule has 0 aliphatic rings. The number of rotatable bonds is 3. The highest BCUT2D eigenvalue weighted by atomic mass is 16.3. The van der Waals surface area contributed by atoms with Crippen molar-refractivity contribution < 1.29 is 9.90 Å². The summed E-state index contributed by atoms with van der Waals surface area (Å²) in [6, 6.07) is 0. The number of aromatic nitrogens is 2.